The van der Waals surface area contributed by atoms with Crippen molar-refractivity contribution >= 4 is 40.0 Å². The van der Waals surface area contributed by atoms with Crippen molar-refractivity contribution in [3.63, 3.8) is 0 Å². The van der Waals surface area contributed by atoms with Crippen LogP contribution in [0.15, 0.2) is 41.4 Å². The third kappa shape index (κ3) is 3.57. The van der Waals surface area contributed by atoms with Crippen molar-refractivity contribution < 1.29 is 4.79 Å². The number of benzene rings is 1. The molecule has 1 aliphatic heterocycles. The molecule has 152 valence electrons. The molecule has 0 saturated heterocycles. The number of allylic oxidation sites excluding steroid dienone is 4. The van der Waals surface area contributed by atoms with Crippen LogP contribution in [-0.2, 0) is 6.54 Å². The van der Waals surface area contributed by atoms with Crippen LogP contribution in [0.5, 0.6) is 0 Å². The fourth-order valence-corrected chi connectivity index (χ4v) is 5.22. The van der Waals surface area contributed by atoms with Gasteiger partial charge in [0.25, 0.3) is 5.91 Å². The highest BCUT2D eigenvalue weighted by molar-refractivity contribution is 7.97. The summed E-state index contributed by atoms with van der Waals surface area (Å²) in [6, 6.07) is 6.20. The van der Waals surface area contributed by atoms with Gasteiger partial charge in [-0.05, 0) is 49.5 Å². The van der Waals surface area contributed by atoms with Crippen LogP contribution in [0.4, 0.5) is 0 Å². The average molecular weight is 408 g/mol. The van der Waals surface area contributed by atoms with E-state index in [9.17, 15) is 4.79 Å². The van der Waals surface area contributed by atoms with Gasteiger partial charge >= 0.3 is 0 Å². The molecular weight excluding hydrogens is 378 g/mol. The van der Waals surface area contributed by atoms with Crippen molar-refractivity contribution in [2.24, 2.45) is 4.99 Å². The summed E-state index contributed by atoms with van der Waals surface area (Å²) in [4.78, 5) is 17.0. The number of amides is 1. The van der Waals surface area contributed by atoms with Crippen molar-refractivity contribution in [3.05, 3.63) is 53.2 Å². The Hall–Kier alpha value is -2.27. The largest absolute Gasteiger partial charge is 0.336 e. The lowest BCUT2D eigenvalue weighted by Gasteiger charge is -2.24. The molecule has 2 aliphatic rings. The fraction of sp³-hybridized carbons (Fsp3) is 0.417. The molecule has 0 spiro atoms. The van der Waals surface area contributed by atoms with E-state index >= 15 is 0 Å². The van der Waals surface area contributed by atoms with Crippen LogP contribution in [-0.4, -0.2) is 29.5 Å². The van der Waals surface area contributed by atoms with Crippen LogP contribution < -0.4 is 4.72 Å². The number of carbonyl (C=O) groups is 1. The second-order valence-electron chi connectivity index (χ2n) is 7.79. The molecule has 1 aromatic carbocycles. The normalized spacial score (nSPS) is 20.2. The molecule has 1 aliphatic carbocycles. The van der Waals surface area contributed by atoms with E-state index in [1.807, 2.05) is 19.4 Å². The molecule has 1 aromatic heterocycles. The van der Waals surface area contributed by atoms with Gasteiger partial charge in [-0.3, -0.25) is 14.5 Å². The molecule has 4 rings (SSSR count). The van der Waals surface area contributed by atoms with Crippen LogP contribution in [0.3, 0.4) is 0 Å². The topological polar surface area (TPSA) is 46.4 Å². The molecule has 0 unspecified atom stereocenters. The lowest BCUT2D eigenvalue weighted by molar-refractivity contribution is 0.0984. The SMILES string of the molecule is C/C=C1\C(=NC)C=CCn2c1c(C1CCCCC1)c1ccc(C(=O)NSC)cc12. The van der Waals surface area contributed by atoms with Crippen LogP contribution >= 0.6 is 11.9 Å². The molecule has 1 amide bonds. The first-order valence-electron chi connectivity index (χ1n) is 10.5. The zero-order valence-electron chi connectivity index (χ0n) is 17.5. The van der Waals surface area contributed by atoms with Crippen molar-refractivity contribution in [1.82, 2.24) is 9.29 Å². The maximum Gasteiger partial charge on any atom is 0.261 e. The molecule has 0 radical (unpaired) electrons. The molecule has 4 nitrogen and oxygen atoms in total. The lowest BCUT2D eigenvalue weighted by atomic mass is 9.81. The number of nitrogens with zero attached hydrogens (tertiary/aromatic N) is 2. The van der Waals surface area contributed by atoms with Gasteiger partial charge in [0.15, 0.2) is 0 Å². The van der Waals surface area contributed by atoms with Gasteiger partial charge in [-0.2, -0.15) is 0 Å². The highest BCUT2D eigenvalue weighted by Gasteiger charge is 2.29. The van der Waals surface area contributed by atoms with Crippen LogP contribution in [0.2, 0.25) is 0 Å². The lowest BCUT2D eigenvalue weighted by Crippen LogP contribution is -2.15. The first-order valence-corrected chi connectivity index (χ1v) is 11.7. The minimum Gasteiger partial charge on any atom is -0.336 e. The first-order chi connectivity index (χ1) is 14.2. The molecule has 1 N–H and O–H groups in total. The smallest absolute Gasteiger partial charge is 0.261 e. The van der Waals surface area contributed by atoms with Gasteiger partial charge in [0.05, 0.1) is 11.4 Å². The Bertz CT molecular complexity index is 1020. The maximum absolute atomic E-state index is 12.5. The number of carbonyl (C=O) groups excluding carboxylic acids is 1. The zero-order valence-corrected chi connectivity index (χ0v) is 18.3. The minimum atomic E-state index is -0.0413. The van der Waals surface area contributed by atoms with Gasteiger partial charge in [0.2, 0.25) is 0 Å². The van der Waals surface area contributed by atoms with Gasteiger partial charge in [0, 0.05) is 41.9 Å². The highest BCUT2D eigenvalue weighted by Crippen LogP contribution is 2.43. The number of hydrogen-bond donors (Lipinski definition) is 1. The molecule has 29 heavy (non-hydrogen) atoms. The van der Waals surface area contributed by atoms with Crippen LogP contribution in [0.1, 0.15) is 66.6 Å². The first kappa shape index (κ1) is 20.0. The Labute approximate surface area is 177 Å². The highest BCUT2D eigenvalue weighted by atomic mass is 32.2. The van der Waals surface area contributed by atoms with E-state index in [2.05, 4.69) is 51.6 Å². The second kappa shape index (κ2) is 8.62. The third-order valence-electron chi connectivity index (χ3n) is 6.20. The number of aromatic nitrogens is 1. The molecule has 0 bridgehead atoms. The fourth-order valence-electron chi connectivity index (χ4n) is 4.91. The molecule has 1 fully saturated rings. The van der Waals surface area contributed by atoms with Crippen molar-refractivity contribution in [2.75, 3.05) is 13.3 Å². The summed E-state index contributed by atoms with van der Waals surface area (Å²) in [5.74, 6) is 0.528. The van der Waals surface area contributed by atoms with Crippen LogP contribution in [0, 0.1) is 0 Å². The van der Waals surface area contributed by atoms with Crippen LogP contribution in [0.25, 0.3) is 16.5 Å². The molecule has 5 heteroatoms. The molecule has 1 saturated carbocycles. The number of fused-ring (bicyclic) bond motifs is 3. The summed E-state index contributed by atoms with van der Waals surface area (Å²) in [5, 5.41) is 1.29. The van der Waals surface area contributed by atoms with Gasteiger partial charge < -0.3 is 4.57 Å². The Morgan fingerprint density at radius 3 is 2.76 bits per heavy atom. The summed E-state index contributed by atoms with van der Waals surface area (Å²) in [5.41, 5.74) is 6.84. The quantitative estimate of drug-likeness (QED) is 0.659. The second-order valence-corrected chi connectivity index (χ2v) is 8.40. The van der Waals surface area contributed by atoms with Crippen molar-refractivity contribution in [3.8, 4) is 0 Å². The Morgan fingerprint density at radius 2 is 2.07 bits per heavy atom. The van der Waals surface area contributed by atoms with E-state index in [-0.39, 0.29) is 5.91 Å². The Morgan fingerprint density at radius 1 is 1.28 bits per heavy atom. The van der Waals surface area contributed by atoms with E-state index in [0.717, 1.165) is 17.8 Å². The van der Waals surface area contributed by atoms with E-state index in [1.54, 1.807) is 0 Å². The molecule has 0 atom stereocenters. The molecular formula is C24H29N3OS. The standard InChI is InChI=1S/C24H29N3OS/c1-4-18-20(25-2)11-8-14-27-21-15-17(24(28)26-29-3)12-13-19(21)22(23(18)27)16-9-6-5-7-10-16/h4,8,11-13,15-16H,5-7,9-10,14H2,1-3H3,(H,26,28)/b18-4+,25-20?. The van der Waals surface area contributed by atoms with Gasteiger partial charge in [-0.1, -0.05) is 49.4 Å². The summed E-state index contributed by atoms with van der Waals surface area (Å²) in [6.07, 6.45) is 14.8. The minimum absolute atomic E-state index is 0.0413. The number of hydrogen-bond acceptors (Lipinski definition) is 3. The van der Waals surface area contributed by atoms with E-state index in [1.165, 1.54) is 66.3 Å². The summed E-state index contributed by atoms with van der Waals surface area (Å²) in [7, 11) is 1.87. The van der Waals surface area contributed by atoms with E-state index in [4.69, 9.17) is 0 Å². The summed E-state index contributed by atoms with van der Waals surface area (Å²) in [6.45, 7) is 2.90. The predicted molar refractivity (Wildman–Crippen MR) is 125 cm³/mol. The van der Waals surface area contributed by atoms with E-state index in [0.29, 0.717) is 11.5 Å². The monoisotopic (exact) mass is 407 g/mol. The number of aliphatic imine (C=N–C) groups is 1. The summed E-state index contributed by atoms with van der Waals surface area (Å²) < 4.78 is 5.24. The number of nitrogens with one attached hydrogen (secondary N) is 1. The average Bonchev–Trinajstić information content (AvgIpc) is 2.94. The Kier molecular flexibility index (Phi) is 5.95. The maximum atomic E-state index is 12.5. The summed E-state index contributed by atoms with van der Waals surface area (Å²) >= 11 is 1.33. The molecule has 2 heterocycles. The number of rotatable bonds is 3. The van der Waals surface area contributed by atoms with Gasteiger partial charge in [-0.15, -0.1) is 0 Å². The molecule has 2 aromatic rings. The van der Waals surface area contributed by atoms with Gasteiger partial charge in [-0.25, -0.2) is 0 Å². The third-order valence-corrected chi connectivity index (χ3v) is 6.59. The van der Waals surface area contributed by atoms with Gasteiger partial charge in [0.1, 0.15) is 0 Å². The predicted octanol–water partition coefficient (Wildman–Crippen LogP) is 5.74. The van der Waals surface area contributed by atoms with E-state index < -0.39 is 0 Å². The van der Waals surface area contributed by atoms with Crippen molar-refractivity contribution in [1.29, 1.82) is 0 Å². The zero-order chi connectivity index (χ0) is 20.4. The van der Waals surface area contributed by atoms with Crippen molar-refractivity contribution in [2.45, 2.75) is 51.5 Å². The Balaban J connectivity index is 1.99.